The monoisotopic (exact) mass is 313 g/mol. The fraction of sp³-hybridized carbons (Fsp3) is 0.500. The number of rotatable bonds is 6. The van der Waals surface area contributed by atoms with E-state index >= 15 is 0 Å². The van der Waals surface area contributed by atoms with Gasteiger partial charge in [-0.2, -0.15) is 4.89 Å². The molecule has 122 valence electrons. The predicted octanol–water partition coefficient (Wildman–Crippen LogP) is -0.930. The van der Waals surface area contributed by atoms with Gasteiger partial charge in [-0.05, 0) is 24.6 Å². The number of aliphatic hydroxyl groups excluding tert-OH is 3. The lowest BCUT2D eigenvalue weighted by Crippen LogP contribution is -2.57. The second-order valence-electron chi connectivity index (χ2n) is 5.00. The minimum absolute atomic E-state index is 0.360. The first-order valence-corrected chi connectivity index (χ1v) is 6.82. The molecule has 4 N–H and O–H groups in total. The van der Waals surface area contributed by atoms with Gasteiger partial charge in [-0.1, -0.05) is 12.1 Å². The van der Waals surface area contributed by atoms with Gasteiger partial charge in [0.15, 0.2) is 5.75 Å². The maximum Gasteiger partial charge on any atom is 0.232 e. The molecule has 0 bridgehead atoms. The van der Waals surface area contributed by atoms with Crippen molar-refractivity contribution in [3.05, 3.63) is 29.8 Å². The number of hydrogen-bond donors (Lipinski definition) is 4. The number of nitrogens with one attached hydrogen (secondary N) is 1. The summed E-state index contributed by atoms with van der Waals surface area (Å²) < 4.78 is 5.22. The van der Waals surface area contributed by atoms with Gasteiger partial charge >= 0.3 is 0 Å². The molecular weight excluding hydrogens is 294 g/mol. The quantitative estimate of drug-likeness (QED) is 0.304. The summed E-state index contributed by atoms with van der Waals surface area (Å²) in [5.74, 6) is 0.360. The maximum atomic E-state index is 10.2. The van der Waals surface area contributed by atoms with Crippen molar-refractivity contribution in [2.75, 3.05) is 0 Å². The summed E-state index contributed by atoms with van der Waals surface area (Å²) >= 11 is 0. The number of ether oxygens (including phenoxy) is 1. The minimum Gasteiger partial charge on any atom is -0.388 e. The Kier molecular flexibility index (Phi) is 5.69. The Morgan fingerprint density at radius 1 is 1.18 bits per heavy atom. The second-order valence-corrected chi connectivity index (χ2v) is 5.00. The Morgan fingerprint density at radius 3 is 2.50 bits per heavy atom. The SMILES string of the molecule is C[C@H]1O[C@@H](OOc2ccc(CNC=O)cc2)[C@H](O)[C@@H](O)[C@@H]1O. The molecule has 5 atom stereocenters. The average molecular weight is 313 g/mol. The normalized spacial score (nSPS) is 31.5. The molecule has 1 aliphatic rings. The van der Waals surface area contributed by atoms with Crippen molar-refractivity contribution < 1.29 is 34.6 Å². The van der Waals surface area contributed by atoms with Gasteiger partial charge in [-0.3, -0.25) is 4.79 Å². The highest BCUT2D eigenvalue weighted by Gasteiger charge is 2.43. The molecular formula is C14H19NO7. The fourth-order valence-corrected chi connectivity index (χ4v) is 2.02. The molecule has 1 amide bonds. The molecule has 2 rings (SSSR count). The Bertz CT molecular complexity index is 481. The van der Waals surface area contributed by atoms with Gasteiger partial charge in [0.05, 0.1) is 6.10 Å². The van der Waals surface area contributed by atoms with Crippen LogP contribution in [0.2, 0.25) is 0 Å². The van der Waals surface area contributed by atoms with E-state index in [0.717, 1.165) is 5.56 Å². The van der Waals surface area contributed by atoms with Crippen molar-refractivity contribution in [3.8, 4) is 5.75 Å². The Labute approximate surface area is 127 Å². The van der Waals surface area contributed by atoms with Crippen LogP contribution in [0.15, 0.2) is 24.3 Å². The molecule has 8 nitrogen and oxygen atoms in total. The highest BCUT2D eigenvalue weighted by molar-refractivity contribution is 5.46. The zero-order valence-corrected chi connectivity index (χ0v) is 12.0. The van der Waals surface area contributed by atoms with E-state index in [4.69, 9.17) is 14.5 Å². The number of hydrogen-bond acceptors (Lipinski definition) is 7. The molecule has 0 aliphatic carbocycles. The number of carbonyl (C=O) groups is 1. The summed E-state index contributed by atoms with van der Waals surface area (Å²) in [5, 5.41) is 31.5. The first kappa shape index (κ1) is 16.7. The summed E-state index contributed by atoms with van der Waals surface area (Å²) in [6.45, 7) is 1.95. The van der Waals surface area contributed by atoms with E-state index in [9.17, 15) is 20.1 Å². The van der Waals surface area contributed by atoms with Crippen LogP contribution < -0.4 is 10.2 Å². The fourth-order valence-electron chi connectivity index (χ4n) is 2.02. The zero-order chi connectivity index (χ0) is 16.1. The molecule has 1 fully saturated rings. The van der Waals surface area contributed by atoms with Crippen LogP contribution >= 0.6 is 0 Å². The molecule has 22 heavy (non-hydrogen) atoms. The van der Waals surface area contributed by atoms with Gasteiger partial charge in [0.25, 0.3) is 0 Å². The van der Waals surface area contributed by atoms with Crippen molar-refractivity contribution in [2.24, 2.45) is 0 Å². The minimum atomic E-state index is -1.43. The Hall–Kier alpha value is -1.71. The van der Waals surface area contributed by atoms with E-state index in [1.54, 1.807) is 31.2 Å². The van der Waals surface area contributed by atoms with E-state index in [-0.39, 0.29) is 0 Å². The first-order valence-electron chi connectivity index (χ1n) is 6.82. The lowest BCUT2D eigenvalue weighted by Gasteiger charge is -2.37. The molecule has 1 aromatic rings. The topological polar surface area (TPSA) is 117 Å². The number of benzene rings is 1. The summed E-state index contributed by atoms with van der Waals surface area (Å²) in [7, 11) is 0. The standard InChI is InChI=1S/C14H19NO7/c1-8-11(17)12(18)13(19)14(20-8)22-21-10-4-2-9(3-5-10)6-15-7-16/h2-5,7-8,11-14,17-19H,6H2,1H3,(H,15,16)/t8-,11-,12+,13-,14+/m1/s1. The van der Waals surface area contributed by atoms with Crippen LogP contribution in [0.3, 0.4) is 0 Å². The van der Waals surface area contributed by atoms with Gasteiger partial charge < -0.3 is 30.3 Å². The number of aliphatic hydroxyl groups is 3. The molecule has 0 saturated carbocycles. The molecule has 1 aliphatic heterocycles. The average Bonchev–Trinajstić information content (AvgIpc) is 2.54. The van der Waals surface area contributed by atoms with Crippen molar-refractivity contribution in [1.29, 1.82) is 0 Å². The molecule has 0 aromatic heterocycles. The van der Waals surface area contributed by atoms with E-state index in [1.807, 2.05) is 0 Å². The van der Waals surface area contributed by atoms with Crippen LogP contribution in [-0.4, -0.2) is 52.4 Å². The third kappa shape index (κ3) is 3.93. The summed E-state index contributed by atoms with van der Waals surface area (Å²) in [5.41, 5.74) is 0.876. The zero-order valence-electron chi connectivity index (χ0n) is 12.0. The van der Waals surface area contributed by atoms with E-state index in [2.05, 4.69) is 5.32 Å². The van der Waals surface area contributed by atoms with Gasteiger partial charge in [-0.15, -0.1) is 0 Å². The van der Waals surface area contributed by atoms with Crippen LogP contribution in [0.25, 0.3) is 0 Å². The highest BCUT2D eigenvalue weighted by Crippen LogP contribution is 2.23. The lowest BCUT2D eigenvalue weighted by atomic mass is 10.0. The Morgan fingerprint density at radius 2 is 1.86 bits per heavy atom. The van der Waals surface area contributed by atoms with Crippen molar-refractivity contribution in [2.45, 2.75) is 44.2 Å². The maximum absolute atomic E-state index is 10.2. The van der Waals surface area contributed by atoms with E-state index < -0.39 is 30.7 Å². The predicted molar refractivity (Wildman–Crippen MR) is 73.4 cm³/mol. The lowest BCUT2D eigenvalue weighted by molar-refractivity contribution is -0.383. The smallest absolute Gasteiger partial charge is 0.232 e. The molecule has 0 unspecified atom stereocenters. The van der Waals surface area contributed by atoms with Crippen LogP contribution in [0, 0.1) is 0 Å². The van der Waals surface area contributed by atoms with Gasteiger partial charge in [0, 0.05) is 6.54 Å². The van der Waals surface area contributed by atoms with Crippen LogP contribution in [0.1, 0.15) is 12.5 Å². The van der Waals surface area contributed by atoms with E-state index in [1.165, 1.54) is 0 Å². The van der Waals surface area contributed by atoms with Crippen molar-refractivity contribution in [3.63, 3.8) is 0 Å². The van der Waals surface area contributed by atoms with Crippen LogP contribution in [0.4, 0.5) is 0 Å². The van der Waals surface area contributed by atoms with Crippen LogP contribution in [-0.2, 0) is 21.0 Å². The largest absolute Gasteiger partial charge is 0.388 e. The van der Waals surface area contributed by atoms with Gasteiger partial charge in [0.2, 0.25) is 12.7 Å². The van der Waals surface area contributed by atoms with Crippen molar-refractivity contribution >= 4 is 6.41 Å². The van der Waals surface area contributed by atoms with E-state index in [0.29, 0.717) is 18.7 Å². The van der Waals surface area contributed by atoms with Crippen molar-refractivity contribution in [1.82, 2.24) is 5.32 Å². The molecule has 0 spiro atoms. The highest BCUT2D eigenvalue weighted by atomic mass is 17.2. The molecule has 1 saturated heterocycles. The second kappa shape index (κ2) is 7.52. The molecule has 1 aromatic carbocycles. The van der Waals surface area contributed by atoms with Crippen LogP contribution in [0.5, 0.6) is 5.75 Å². The number of carbonyl (C=O) groups excluding carboxylic acids is 1. The summed E-state index contributed by atoms with van der Waals surface area (Å²) in [4.78, 5) is 20.2. The van der Waals surface area contributed by atoms with Gasteiger partial charge in [-0.25, -0.2) is 0 Å². The molecule has 0 radical (unpaired) electrons. The number of amides is 1. The Balaban J connectivity index is 1.88. The van der Waals surface area contributed by atoms with Gasteiger partial charge in [0.1, 0.15) is 18.3 Å². The summed E-state index contributed by atoms with van der Waals surface area (Å²) in [6, 6.07) is 6.70. The molecule has 1 heterocycles. The first-order chi connectivity index (χ1) is 10.5. The third-order valence-electron chi connectivity index (χ3n) is 3.36. The third-order valence-corrected chi connectivity index (χ3v) is 3.36. The summed E-state index contributed by atoms with van der Waals surface area (Å²) in [6.07, 6.45) is -5.32. The molecule has 8 heteroatoms.